The lowest BCUT2D eigenvalue weighted by Crippen LogP contribution is -2.41. The molecule has 0 bridgehead atoms. The van der Waals surface area contributed by atoms with E-state index in [1.807, 2.05) is 29.3 Å². The molecule has 112 valence electrons. The average molecular weight is 285 g/mol. The number of nitrogens with two attached hydrogens (primary N) is 1. The van der Waals surface area contributed by atoms with Crippen LogP contribution >= 0.6 is 0 Å². The van der Waals surface area contributed by atoms with Crippen molar-refractivity contribution in [1.82, 2.24) is 9.88 Å². The van der Waals surface area contributed by atoms with E-state index in [1.54, 1.807) is 0 Å². The number of amides is 1. The van der Waals surface area contributed by atoms with Gasteiger partial charge in [0.15, 0.2) is 0 Å². The molecule has 3 N–H and O–H groups in total. The van der Waals surface area contributed by atoms with E-state index in [0.717, 1.165) is 48.9 Å². The van der Waals surface area contributed by atoms with Crippen LogP contribution in [0, 0.1) is 5.92 Å². The van der Waals surface area contributed by atoms with Gasteiger partial charge in [0.2, 0.25) is 5.91 Å². The summed E-state index contributed by atoms with van der Waals surface area (Å²) in [6.45, 7) is 2.48. The number of para-hydroxylation sites is 1. The van der Waals surface area contributed by atoms with Gasteiger partial charge in [-0.25, -0.2) is 0 Å². The number of H-pyrrole nitrogens is 1. The van der Waals surface area contributed by atoms with Crippen molar-refractivity contribution in [2.24, 2.45) is 11.7 Å². The van der Waals surface area contributed by atoms with E-state index in [-0.39, 0.29) is 5.91 Å². The first kappa shape index (κ1) is 14.1. The fraction of sp³-hybridized carbons (Fsp3) is 0.471. The number of rotatable bonds is 4. The first-order valence-electron chi connectivity index (χ1n) is 7.80. The molecule has 0 radical (unpaired) electrons. The third-order valence-electron chi connectivity index (χ3n) is 4.46. The second kappa shape index (κ2) is 6.31. The van der Waals surface area contributed by atoms with E-state index in [9.17, 15) is 4.79 Å². The number of nitrogens with zero attached hydrogens (tertiary/aromatic N) is 1. The van der Waals surface area contributed by atoms with Crippen molar-refractivity contribution < 1.29 is 4.79 Å². The molecule has 1 aromatic carbocycles. The van der Waals surface area contributed by atoms with Gasteiger partial charge in [-0.2, -0.15) is 0 Å². The molecule has 1 aliphatic rings. The Morgan fingerprint density at radius 2 is 2.24 bits per heavy atom. The Hall–Kier alpha value is -1.81. The van der Waals surface area contributed by atoms with Crippen LogP contribution < -0.4 is 5.73 Å². The molecule has 0 saturated carbocycles. The van der Waals surface area contributed by atoms with Gasteiger partial charge in [0, 0.05) is 30.2 Å². The predicted molar refractivity (Wildman–Crippen MR) is 85.0 cm³/mol. The summed E-state index contributed by atoms with van der Waals surface area (Å²) in [4.78, 5) is 17.8. The molecule has 0 aliphatic carbocycles. The molecule has 1 unspecified atom stereocenters. The highest BCUT2D eigenvalue weighted by Gasteiger charge is 2.23. The molecule has 1 fully saturated rings. The lowest BCUT2D eigenvalue weighted by Gasteiger charge is -2.32. The van der Waals surface area contributed by atoms with Crippen LogP contribution in [0.2, 0.25) is 0 Å². The zero-order valence-corrected chi connectivity index (χ0v) is 12.3. The van der Waals surface area contributed by atoms with Crippen LogP contribution in [0.5, 0.6) is 0 Å². The van der Waals surface area contributed by atoms with Crippen molar-refractivity contribution in [2.45, 2.75) is 25.7 Å². The third kappa shape index (κ3) is 3.10. The molecule has 21 heavy (non-hydrogen) atoms. The Morgan fingerprint density at radius 3 is 3.10 bits per heavy atom. The fourth-order valence-electron chi connectivity index (χ4n) is 3.32. The molecule has 4 nitrogen and oxygen atoms in total. The number of likely N-dealkylation sites (tertiary alicyclic amines) is 1. The second-order valence-corrected chi connectivity index (χ2v) is 5.96. The topological polar surface area (TPSA) is 62.1 Å². The maximum absolute atomic E-state index is 12.5. The van der Waals surface area contributed by atoms with E-state index in [2.05, 4.69) is 11.1 Å². The van der Waals surface area contributed by atoms with Crippen LogP contribution in [0.4, 0.5) is 0 Å². The number of fused-ring (bicyclic) bond motifs is 1. The molecule has 1 aliphatic heterocycles. The number of hydrogen-bond donors (Lipinski definition) is 2. The average Bonchev–Trinajstić information content (AvgIpc) is 2.91. The molecule has 2 aromatic rings. The maximum Gasteiger partial charge on any atom is 0.227 e. The normalized spacial score (nSPS) is 19.1. The van der Waals surface area contributed by atoms with Gasteiger partial charge in [0.1, 0.15) is 0 Å². The number of benzene rings is 1. The predicted octanol–water partition coefficient (Wildman–Crippen LogP) is 2.30. The van der Waals surface area contributed by atoms with Gasteiger partial charge in [0.05, 0.1) is 6.42 Å². The van der Waals surface area contributed by atoms with Crippen LogP contribution in [0.1, 0.15) is 24.8 Å². The molecule has 4 heteroatoms. The highest BCUT2D eigenvalue weighted by Crippen LogP contribution is 2.22. The van der Waals surface area contributed by atoms with Gasteiger partial charge in [-0.1, -0.05) is 18.2 Å². The Balaban J connectivity index is 1.68. The first-order chi connectivity index (χ1) is 10.3. The molecule has 1 saturated heterocycles. The molecule has 1 atom stereocenters. The summed E-state index contributed by atoms with van der Waals surface area (Å²) in [7, 11) is 0. The minimum Gasteiger partial charge on any atom is -0.361 e. The minimum atomic E-state index is 0.237. The highest BCUT2D eigenvalue weighted by molar-refractivity contribution is 5.88. The lowest BCUT2D eigenvalue weighted by molar-refractivity contribution is -0.132. The molecular weight excluding hydrogens is 262 g/mol. The van der Waals surface area contributed by atoms with E-state index in [0.29, 0.717) is 12.3 Å². The van der Waals surface area contributed by atoms with Crippen LogP contribution in [-0.2, 0) is 11.2 Å². The van der Waals surface area contributed by atoms with Crippen molar-refractivity contribution in [3.8, 4) is 0 Å². The van der Waals surface area contributed by atoms with Gasteiger partial charge < -0.3 is 15.6 Å². The van der Waals surface area contributed by atoms with Crippen LogP contribution in [-0.4, -0.2) is 35.4 Å². The zero-order chi connectivity index (χ0) is 14.7. The number of carbonyl (C=O) groups is 1. The molecule has 1 amide bonds. The number of aromatic amines is 1. The van der Waals surface area contributed by atoms with Gasteiger partial charge >= 0.3 is 0 Å². The van der Waals surface area contributed by atoms with Crippen LogP contribution in [0.15, 0.2) is 30.5 Å². The van der Waals surface area contributed by atoms with Gasteiger partial charge in [-0.15, -0.1) is 0 Å². The fourth-order valence-corrected chi connectivity index (χ4v) is 3.32. The molecule has 2 heterocycles. The quantitative estimate of drug-likeness (QED) is 0.905. The standard InChI is InChI=1S/C17H23N3O/c18-8-7-13-4-3-9-20(12-13)17(21)10-14-11-19-16-6-2-1-5-15(14)16/h1-2,5-6,11,13,19H,3-4,7-10,12,18H2. The van der Waals surface area contributed by atoms with E-state index >= 15 is 0 Å². The summed E-state index contributed by atoms with van der Waals surface area (Å²) in [6.07, 6.45) is 5.78. The van der Waals surface area contributed by atoms with Gasteiger partial charge in [0.25, 0.3) is 0 Å². The van der Waals surface area contributed by atoms with E-state index in [4.69, 9.17) is 5.73 Å². The highest BCUT2D eigenvalue weighted by atomic mass is 16.2. The summed E-state index contributed by atoms with van der Waals surface area (Å²) >= 11 is 0. The van der Waals surface area contributed by atoms with Crippen LogP contribution in [0.25, 0.3) is 10.9 Å². The van der Waals surface area contributed by atoms with E-state index in [1.165, 1.54) is 6.42 Å². The van der Waals surface area contributed by atoms with Crippen molar-refractivity contribution in [3.05, 3.63) is 36.0 Å². The summed E-state index contributed by atoms with van der Waals surface area (Å²) in [5, 5.41) is 1.15. The Morgan fingerprint density at radius 1 is 1.38 bits per heavy atom. The summed E-state index contributed by atoms with van der Waals surface area (Å²) in [5.41, 5.74) is 7.84. The van der Waals surface area contributed by atoms with E-state index < -0.39 is 0 Å². The zero-order valence-electron chi connectivity index (χ0n) is 12.3. The van der Waals surface area contributed by atoms with Crippen molar-refractivity contribution in [1.29, 1.82) is 0 Å². The molecule has 3 rings (SSSR count). The number of aromatic nitrogens is 1. The van der Waals surface area contributed by atoms with Gasteiger partial charge in [-0.3, -0.25) is 4.79 Å². The molecule has 0 spiro atoms. The summed E-state index contributed by atoms with van der Waals surface area (Å²) in [5.74, 6) is 0.817. The number of nitrogens with one attached hydrogen (secondary N) is 1. The Kier molecular flexibility index (Phi) is 4.25. The first-order valence-corrected chi connectivity index (χ1v) is 7.80. The van der Waals surface area contributed by atoms with Crippen molar-refractivity contribution in [3.63, 3.8) is 0 Å². The molecule has 1 aromatic heterocycles. The van der Waals surface area contributed by atoms with Crippen molar-refractivity contribution in [2.75, 3.05) is 19.6 Å². The lowest BCUT2D eigenvalue weighted by atomic mass is 9.94. The number of hydrogen-bond acceptors (Lipinski definition) is 2. The smallest absolute Gasteiger partial charge is 0.227 e. The maximum atomic E-state index is 12.5. The third-order valence-corrected chi connectivity index (χ3v) is 4.46. The SMILES string of the molecule is NCCC1CCCN(C(=O)Cc2c[nH]c3ccccc23)C1. The Bertz CT molecular complexity index is 617. The minimum absolute atomic E-state index is 0.237. The summed E-state index contributed by atoms with van der Waals surface area (Å²) < 4.78 is 0. The number of carbonyl (C=O) groups excluding carboxylic acids is 1. The van der Waals surface area contributed by atoms with Crippen molar-refractivity contribution >= 4 is 16.8 Å². The Labute approximate surface area is 125 Å². The number of piperidine rings is 1. The second-order valence-electron chi connectivity index (χ2n) is 5.96. The largest absolute Gasteiger partial charge is 0.361 e. The summed E-state index contributed by atoms with van der Waals surface area (Å²) in [6, 6.07) is 8.14. The molecular formula is C17H23N3O. The monoisotopic (exact) mass is 285 g/mol. The van der Waals surface area contributed by atoms with Crippen LogP contribution in [0.3, 0.4) is 0 Å². The van der Waals surface area contributed by atoms with Gasteiger partial charge in [-0.05, 0) is 43.4 Å².